The summed E-state index contributed by atoms with van der Waals surface area (Å²) in [6.45, 7) is 5.57. The molecular weight excluding hydrogens is 713 g/mol. The van der Waals surface area contributed by atoms with Crippen LogP contribution in [0, 0.1) is 17.0 Å². The molecule has 1 heterocycles. The normalized spacial score (nSPS) is 13.2. The maximum Gasteiger partial charge on any atom is 0.349 e. The van der Waals surface area contributed by atoms with E-state index in [-0.39, 0.29) is 55.7 Å². The molecule has 1 fully saturated rings. The van der Waals surface area contributed by atoms with E-state index in [9.17, 15) is 23.3 Å². The van der Waals surface area contributed by atoms with Gasteiger partial charge in [-0.3, -0.25) is 23.9 Å². The van der Waals surface area contributed by atoms with Gasteiger partial charge in [-0.15, -0.1) is 0 Å². The van der Waals surface area contributed by atoms with Crippen molar-refractivity contribution in [3.8, 4) is 23.0 Å². The second kappa shape index (κ2) is 17.1. The van der Waals surface area contributed by atoms with Crippen LogP contribution < -0.4 is 24.8 Å². The van der Waals surface area contributed by atoms with E-state index in [4.69, 9.17) is 23.3 Å². The van der Waals surface area contributed by atoms with Crippen LogP contribution in [0.2, 0.25) is 0 Å². The Kier molecular flexibility index (Phi) is 12.7. The van der Waals surface area contributed by atoms with Gasteiger partial charge in [0, 0.05) is 48.6 Å². The number of carbonyl (C=O) groups excluding carboxylic acids is 3. The number of ether oxygens (including phenoxy) is 3. The van der Waals surface area contributed by atoms with Crippen molar-refractivity contribution in [2.45, 2.75) is 40.0 Å². The highest BCUT2D eigenvalue weighted by Crippen LogP contribution is 2.49. The highest BCUT2D eigenvalue weighted by Gasteiger charge is 2.56. The average molecular weight is 755 g/mol. The van der Waals surface area contributed by atoms with E-state index < -0.39 is 36.5 Å². The van der Waals surface area contributed by atoms with Gasteiger partial charge in [0.1, 0.15) is 23.3 Å². The first-order valence-electron chi connectivity index (χ1n) is 17.0. The first-order valence-corrected chi connectivity index (χ1v) is 18.7. The molecule has 0 unspecified atom stereocenters. The van der Waals surface area contributed by atoms with Gasteiger partial charge in [0.2, 0.25) is 17.7 Å². The van der Waals surface area contributed by atoms with Gasteiger partial charge < -0.3 is 38.8 Å². The van der Waals surface area contributed by atoms with Gasteiger partial charge in [0.25, 0.3) is 0 Å². The van der Waals surface area contributed by atoms with Crippen LogP contribution >= 0.6 is 7.60 Å². The van der Waals surface area contributed by atoms with Crippen LogP contribution in [0.1, 0.15) is 40.0 Å². The van der Waals surface area contributed by atoms with Crippen LogP contribution in [0.3, 0.4) is 0 Å². The second-order valence-corrected chi connectivity index (χ2v) is 14.2. The lowest BCUT2D eigenvalue weighted by molar-refractivity contribution is -0.131. The standard InChI is InChI=1S/C37H41F2N4O9P/c1-5-50-53(47,51-6-2)23-43(24(3)44)18-7-19-49-34-22-30-28(21-33(34)48-4)31(14-17-40-30)52-32-13-12-27(20-29(32)39)42-36(46)37(15-16-37)35(45)41-26-10-8-25(38)9-11-26/h8-14,17,20-22H,5-7,15-16,18-19,23H2,1-4H3,(H,41,45)(H,42,46). The molecule has 0 radical (unpaired) electrons. The molecule has 1 aromatic heterocycles. The van der Waals surface area contributed by atoms with Crippen molar-refractivity contribution in [3.05, 3.63) is 78.5 Å². The number of anilines is 2. The number of halogens is 2. The van der Waals surface area contributed by atoms with E-state index in [2.05, 4.69) is 15.6 Å². The lowest BCUT2D eigenvalue weighted by Gasteiger charge is -2.26. The summed E-state index contributed by atoms with van der Waals surface area (Å²) in [5.41, 5.74) is -0.359. The zero-order valence-corrected chi connectivity index (χ0v) is 30.7. The third-order valence-electron chi connectivity index (χ3n) is 8.39. The summed E-state index contributed by atoms with van der Waals surface area (Å²) < 4.78 is 69.7. The SMILES string of the molecule is CCOP(=O)(CN(CCCOc1cc2nccc(Oc3ccc(NC(=O)C4(C(=O)Nc5ccc(F)cc5)CC4)cc3F)c2cc1OC)C(C)=O)OCC. The molecule has 0 saturated heterocycles. The predicted molar refractivity (Wildman–Crippen MR) is 193 cm³/mol. The topological polar surface area (TPSA) is 155 Å². The molecule has 5 rings (SSSR count). The summed E-state index contributed by atoms with van der Waals surface area (Å²) >= 11 is 0. The predicted octanol–water partition coefficient (Wildman–Crippen LogP) is 7.51. The molecule has 1 saturated carbocycles. The van der Waals surface area contributed by atoms with E-state index in [1.807, 2.05) is 0 Å². The summed E-state index contributed by atoms with van der Waals surface area (Å²) in [6.07, 6.45) is 2.34. The van der Waals surface area contributed by atoms with Gasteiger partial charge in [-0.25, -0.2) is 8.78 Å². The van der Waals surface area contributed by atoms with Crippen LogP contribution in [0.4, 0.5) is 20.2 Å². The summed E-state index contributed by atoms with van der Waals surface area (Å²) in [4.78, 5) is 44.0. The Bertz CT molecular complexity index is 2000. The smallest absolute Gasteiger partial charge is 0.349 e. The van der Waals surface area contributed by atoms with Crippen LogP contribution in [-0.2, 0) is 28.0 Å². The zero-order valence-electron chi connectivity index (χ0n) is 29.8. The van der Waals surface area contributed by atoms with E-state index in [1.54, 1.807) is 32.0 Å². The van der Waals surface area contributed by atoms with Crippen molar-refractivity contribution in [2.75, 3.05) is 50.4 Å². The van der Waals surface area contributed by atoms with Crippen LogP contribution in [0.25, 0.3) is 10.9 Å². The Hall–Kier alpha value is -5.11. The first kappa shape index (κ1) is 39.1. The molecule has 282 valence electrons. The molecular formula is C37H41F2N4O9P. The highest BCUT2D eigenvalue weighted by molar-refractivity contribution is 7.53. The van der Waals surface area contributed by atoms with Gasteiger partial charge in [0.15, 0.2) is 23.1 Å². The molecule has 0 bridgehead atoms. The van der Waals surface area contributed by atoms with E-state index in [0.717, 1.165) is 6.07 Å². The number of benzene rings is 3. The largest absolute Gasteiger partial charge is 0.493 e. The molecule has 0 aliphatic heterocycles. The van der Waals surface area contributed by atoms with Gasteiger partial charge in [-0.1, -0.05) is 0 Å². The summed E-state index contributed by atoms with van der Waals surface area (Å²) in [6, 6.07) is 14.0. The number of methoxy groups -OCH3 is 1. The molecule has 13 nitrogen and oxygen atoms in total. The summed E-state index contributed by atoms with van der Waals surface area (Å²) in [7, 11) is -2.01. The van der Waals surface area contributed by atoms with Gasteiger partial charge in [-0.05, 0) is 81.6 Å². The molecule has 0 atom stereocenters. The zero-order chi connectivity index (χ0) is 38.2. The minimum atomic E-state index is -3.47. The monoisotopic (exact) mass is 754 g/mol. The van der Waals surface area contributed by atoms with Gasteiger partial charge in [-0.2, -0.15) is 0 Å². The fourth-order valence-corrected chi connectivity index (χ4v) is 7.26. The van der Waals surface area contributed by atoms with Gasteiger partial charge in [0.05, 0.1) is 32.4 Å². The molecule has 0 spiro atoms. The molecule has 16 heteroatoms. The van der Waals surface area contributed by atoms with Gasteiger partial charge >= 0.3 is 7.60 Å². The maximum absolute atomic E-state index is 15.3. The van der Waals surface area contributed by atoms with Crippen molar-refractivity contribution < 1.29 is 51.0 Å². The Labute approximate surface area is 305 Å². The second-order valence-electron chi connectivity index (χ2n) is 12.1. The molecule has 2 N–H and O–H groups in total. The first-order chi connectivity index (χ1) is 25.4. The number of aromatic nitrogens is 1. The molecule has 3 aromatic carbocycles. The maximum atomic E-state index is 15.3. The summed E-state index contributed by atoms with van der Waals surface area (Å²) in [5.74, 6) is -1.74. The number of hydrogen-bond acceptors (Lipinski definition) is 10. The third-order valence-corrected chi connectivity index (χ3v) is 10.4. The Morgan fingerprint density at radius 3 is 2.13 bits per heavy atom. The van der Waals surface area contributed by atoms with Crippen molar-refractivity contribution >= 4 is 47.6 Å². The number of rotatable bonds is 18. The Morgan fingerprint density at radius 1 is 0.868 bits per heavy atom. The number of amides is 3. The number of pyridine rings is 1. The highest BCUT2D eigenvalue weighted by atomic mass is 31.2. The van der Waals surface area contributed by atoms with Crippen LogP contribution in [0.15, 0.2) is 66.9 Å². The minimum Gasteiger partial charge on any atom is -0.493 e. The number of nitrogens with one attached hydrogen (secondary N) is 2. The fraction of sp³-hybridized carbons (Fsp3) is 0.351. The third kappa shape index (κ3) is 9.66. The van der Waals surface area contributed by atoms with Crippen LogP contribution in [-0.4, -0.2) is 67.4 Å². The van der Waals surface area contributed by atoms with Crippen molar-refractivity contribution in [1.29, 1.82) is 0 Å². The van der Waals surface area contributed by atoms with Crippen molar-refractivity contribution in [1.82, 2.24) is 9.88 Å². The molecule has 3 amide bonds. The van der Waals surface area contributed by atoms with Crippen molar-refractivity contribution in [2.24, 2.45) is 5.41 Å². The lowest BCUT2D eigenvalue weighted by atomic mass is 10.0. The number of nitrogens with zero attached hydrogens (tertiary/aromatic N) is 2. The molecule has 1 aliphatic rings. The van der Waals surface area contributed by atoms with Crippen molar-refractivity contribution in [3.63, 3.8) is 0 Å². The number of fused-ring (bicyclic) bond motifs is 1. The lowest BCUT2D eigenvalue weighted by Crippen LogP contribution is -2.35. The molecule has 4 aromatic rings. The quantitative estimate of drug-likeness (QED) is 0.0593. The van der Waals surface area contributed by atoms with E-state index in [0.29, 0.717) is 47.4 Å². The Morgan fingerprint density at radius 2 is 1.53 bits per heavy atom. The van der Waals surface area contributed by atoms with E-state index in [1.165, 1.54) is 61.5 Å². The molecule has 53 heavy (non-hydrogen) atoms. The number of hydrogen-bond donors (Lipinski definition) is 2. The van der Waals surface area contributed by atoms with E-state index >= 15 is 4.39 Å². The number of carbonyl (C=O) groups is 3. The summed E-state index contributed by atoms with van der Waals surface area (Å²) in [5, 5.41) is 5.75. The minimum absolute atomic E-state index is 0.127. The fourth-order valence-electron chi connectivity index (χ4n) is 5.47. The molecule has 1 aliphatic carbocycles. The Balaban J connectivity index is 1.22. The average Bonchev–Trinajstić information content (AvgIpc) is 3.94. The van der Waals surface area contributed by atoms with Crippen LogP contribution in [0.5, 0.6) is 23.0 Å².